The number of halogens is 1. The largest absolute Gasteiger partial charge is 0.391 e. The van der Waals surface area contributed by atoms with E-state index in [9.17, 15) is 4.79 Å². The van der Waals surface area contributed by atoms with Crippen molar-refractivity contribution in [1.29, 1.82) is 0 Å². The zero-order valence-corrected chi connectivity index (χ0v) is 7.68. The van der Waals surface area contributed by atoms with Crippen LogP contribution in [0, 0.1) is 0 Å². The standard InChI is InChI=1S/C6H12BrNO2/c1-3-6(7,4(2)9)5(8)10/h4,9H,3H2,1-2H3,(H2,8,10). The Labute approximate surface area is 68.7 Å². The smallest absolute Gasteiger partial charge is 0.236 e. The maximum absolute atomic E-state index is 10.7. The lowest BCUT2D eigenvalue weighted by Gasteiger charge is -2.24. The number of hydrogen-bond acceptors (Lipinski definition) is 2. The van der Waals surface area contributed by atoms with Gasteiger partial charge in [-0.3, -0.25) is 4.79 Å². The van der Waals surface area contributed by atoms with E-state index in [1.165, 1.54) is 6.92 Å². The Morgan fingerprint density at radius 2 is 2.30 bits per heavy atom. The molecule has 0 aliphatic heterocycles. The number of amides is 1. The first kappa shape index (κ1) is 9.91. The second-order valence-electron chi connectivity index (χ2n) is 2.26. The average molecular weight is 210 g/mol. The summed E-state index contributed by atoms with van der Waals surface area (Å²) in [6.07, 6.45) is -0.269. The summed E-state index contributed by atoms with van der Waals surface area (Å²) in [7, 11) is 0. The van der Waals surface area contributed by atoms with Gasteiger partial charge in [-0.25, -0.2) is 0 Å². The van der Waals surface area contributed by atoms with Crippen molar-refractivity contribution < 1.29 is 9.90 Å². The highest BCUT2D eigenvalue weighted by molar-refractivity contribution is 9.10. The Kier molecular flexibility index (Phi) is 3.31. The van der Waals surface area contributed by atoms with Gasteiger partial charge in [0.1, 0.15) is 4.32 Å². The first-order valence-corrected chi connectivity index (χ1v) is 3.91. The van der Waals surface area contributed by atoms with E-state index in [4.69, 9.17) is 10.8 Å². The van der Waals surface area contributed by atoms with Gasteiger partial charge in [0.05, 0.1) is 6.10 Å². The number of rotatable bonds is 3. The second kappa shape index (κ2) is 3.34. The van der Waals surface area contributed by atoms with E-state index in [1.807, 2.05) is 0 Å². The van der Waals surface area contributed by atoms with Crippen LogP contribution < -0.4 is 5.73 Å². The molecule has 0 heterocycles. The van der Waals surface area contributed by atoms with Crippen molar-refractivity contribution in [2.24, 2.45) is 5.73 Å². The molecule has 4 heteroatoms. The van der Waals surface area contributed by atoms with Gasteiger partial charge in [-0.05, 0) is 13.3 Å². The summed E-state index contributed by atoms with van der Waals surface area (Å²) in [5, 5.41) is 9.09. The summed E-state index contributed by atoms with van der Waals surface area (Å²) in [5.74, 6) is -0.523. The predicted octanol–water partition coefficient (Wildman–Crippen LogP) is 0.396. The van der Waals surface area contributed by atoms with Crippen LogP contribution >= 0.6 is 15.9 Å². The minimum Gasteiger partial charge on any atom is -0.391 e. The molecule has 0 saturated carbocycles. The Morgan fingerprint density at radius 3 is 2.30 bits per heavy atom. The van der Waals surface area contributed by atoms with Gasteiger partial charge in [0.15, 0.2) is 0 Å². The molecule has 0 aliphatic rings. The molecule has 10 heavy (non-hydrogen) atoms. The van der Waals surface area contributed by atoms with Crippen molar-refractivity contribution in [2.45, 2.75) is 30.7 Å². The van der Waals surface area contributed by atoms with Crippen molar-refractivity contribution in [2.75, 3.05) is 0 Å². The lowest BCUT2D eigenvalue weighted by atomic mass is 10.0. The number of primary amides is 1. The molecule has 0 aromatic carbocycles. The molecule has 0 spiro atoms. The number of aliphatic hydroxyl groups excluding tert-OH is 1. The molecule has 1 amide bonds. The van der Waals surface area contributed by atoms with Gasteiger partial charge in [-0.1, -0.05) is 22.9 Å². The fourth-order valence-corrected chi connectivity index (χ4v) is 0.676. The zero-order valence-electron chi connectivity index (χ0n) is 6.10. The third-order valence-corrected chi connectivity index (χ3v) is 3.20. The Bertz CT molecular complexity index is 138. The third kappa shape index (κ3) is 1.70. The molecule has 0 aliphatic carbocycles. The number of aliphatic hydroxyl groups is 1. The number of hydrogen-bond donors (Lipinski definition) is 2. The maximum Gasteiger partial charge on any atom is 0.236 e. The Hall–Kier alpha value is -0.0900. The predicted molar refractivity (Wildman–Crippen MR) is 42.8 cm³/mol. The van der Waals surface area contributed by atoms with Gasteiger partial charge >= 0.3 is 0 Å². The summed E-state index contributed by atoms with van der Waals surface area (Å²) in [6.45, 7) is 3.31. The average Bonchev–Trinajstić information content (AvgIpc) is 1.85. The van der Waals surface area contributed by atoms with Crippen molar-refractivity contribution >= 4 is 21.8 Å². The van der Waals surface area contributed by atoms with Crippen LogP contribution in [0.3, 0.4) is 0 Å². The second-order valence-corrected chi connectivity index (χ2v) is 3.67. The van der Waals surface area contributed by atoms with Crippen LogP contribution in [0.4, 0.5) is 0 Å². The molecule has 0 aromatic rings. The Balaban J connectivity index is 4.38. The van der Waals surface area contributed by atoms with E-state index in [-0.39, 0.29) is 0 Å². The molecule has 3 nitrogen and oxygen atoms in total. The van der Waals surface area contributed by atoms with Crippen LogP contribution in [-0.4, -0.2) is 21.4 Å². The molecule has 0 fully saturated rings. The molecule has 0 radical (unpaired) electrons. The zero-order chi connectivity index (χ0) is 8.36. The molecule has 2 atom stereocenters. The first-order chi connectivity index (χ1) is 4.45. The molecule has 3 N–H and O–H groups in total. The van der Waals surface area contributed by atoms with E-state index in [2.05, 4.69) is 15.9 Å². The summed E-state index contributed by atoms with van der Waals surface area (Å²) < 4.78 is -0.951. The van der Waals surface area contributed by atoms with Gasteiger partial charge in [-0.15, -0.1) is 0 Å². The summed E-state index contributed by atoms with van der Waals surface area (Å²) in [6, 6.07) is 0. The summed E-state index contributed by atoms with van der Waals surface area (Å²) in [5.41, 5.74) is 5.04. The van der Waals surface area contributed by atoms with Crippen molar-refractivity contribution in [1.82, 2.24) is 0 Å². The lowest BCUT2D eigenvalue weighted by molar-refractivity contribution is -0.122. The highest BCUT2D eigenvalue weighted by Gasteiger charge is 2.36. The molecule has 0 saturated heterocycles. The van der Waals surface area contributed by atoms with Crippen LogP contribution in [0.25, 0.3) is 0 Å². The fourth-order valence-electron chi connectivity index (χ4n) is 0.676. The highest BCUT2D eigenvalue weighted by Crippen LogP contribution is 2.25. The quantitative estimate of drug-likeness (QED) is 0.662. The SMILES string of the molecule is CCC(Br)(C(N)=O)C(C)O. The summed E-state index contributed by atoms with van der Waals surface area (Å²) >= 11 is 3.09. The lowest BCUT2D eigenvalue weighted by Crippen LogP contribution is -2.46. The van der Waals surface area contributed by atoms with E-state index in [1.54, 1.807) is 6.92 Å². The first-order valence-electron chi connectivity index (χ1n) is 3.12. The topological polar surface area (TPSA) is 63.3 Å². The molecule has 0 rings (SSSR count). The number of alkyl halides is 1. The van der Waals surface area contributed by atoms with Crippen LogP contribution in [0.2, 0.25) is 0 Å². The highest BCUT2D eigenvalue weighted by atomic mass is 79.9. The summed E-state index contributed by atoms with van der Waals surface area (Å²) in [4.78, 5) is 10.7. The Morgan fingerprint density at radius 1 is 1.90 bits per heavy atom. The van der Waals surface area contributed by atoms with Crippen molar-refractivity contribution in [3.63, 3.8) is 0 Å². The van der Waals surface area contributed by atoms with E-state index < -0.39 is 16.3 Å². The number of carbonyl (C=O) groups excluding carboxylic acids is 1. The van der Waals surface area contributed by atoms with Crippen LogP contribution in [0.5, 0.6) is 0 Å². The van der Waals surface area contributed by atoms with Crippen molar-refractivity contribution in [3.8, 4) is 0 Å². The molecule has 2 unspecified atom stereocenters. The molecular weight excluding hydrogens is 198 g/mol. The number of nitrogens with two attached hydrogens (primary N) is 1. The van der Waals surface area contributed by atoms with Gasteiger partial charge in [-0.2, -0.15) is 0 Å². The van der Waals surface area contributed by atoms with Crippen LogP contribution in [-0.2, 0) is 4.79 Å². The minimum absolute atomic E-state index is 0.486. The van der Waals surface area contributed by atoms with Gasteiger partial charge in [0, 0.05) is 0 Å². The van der Waals surface area contributed by atoms with Crippen molar-refractivity contribution in [3.05, 3.63) is 0 Å². The molecule has 0 bridgehead atoms. The van der Waals surface area contributed by atoms with Crippen LogP contribution in [0.15, 0.2) is 0 Å². The van der Waals surface area contributed by atoms with E-state index in [0.717, 1.165) is 0 Å². The molecule has 60 valence electrons. The van der Waals surface area contributed by atoms with E-state index in [0.29, 0.717) is 6.42 Å². The fraction of sp³-hybridized carbons (Fsp3) is 0.833. The molecule has 0 aromatic heterocycles. The third-order valence-electron chi connectivity index (χ3n) is 1.59. The van der Waals surface area contributed by atoms with Gasteiger partial charge < -0.3 is 10.8 Å². The number of carbonyl (C=O) groups is 1. The molecular formula is C6H12BrNO2. The van der Waals surface area contributed by atoms with E-state index >= 15 is 0 Å². The van der Waals surface area contributed by atoms with Gasteiger partial charge in [0.25, 0.3) is 0 Å². The maximum atomic E-state index is 10.7. The monoisotopic (exact) mass is 209 g/mol. The minimum atomic E-state index is -0.951. The van der Waals surface area contributed by atoms with Crippen LogP contribution in [0.1, 0.15) is 20.3 Å². The normalized spacial score (nSPS) is 19.6. The van der Waals surface area contributed by atoms with Gasteiger partial charge in [0.2, 0.25) is 5.91 Å².